The maximum atomic E-state index is 11.8. The summed E-state index contributed by atoms with van der Waals surface area (Å²) in [4.78, 5) is 25.3. The zero-order valence-electron chi connectivity index (χ0n) is 10.7. The van der Waals surface area contributed by atoms with Gasteiger partial charge in [0.15, 0.2) is 0 Å². The summed E-state index contributed by atoms with van der Waals surface area (Å²) in [5.41, 5.74) is 0. The molecule has 0 unspecified atom stereocenters. The summed E-state index contributed by atoms with van der Waals surface area (Å²) < 4.78 is 0. The molecule has 1 heterocycles. The van der Waals surface area contributed by atoms with E-state index in [2.05, 4.69) is 5.32 Å². The third-order valence-electron chi connectivity index (χ3n) is 3.66. The first kappa shape index (κ1) is 13.3. The topological polar surface area (TPSA) is 69.6 Å². The minimum atomic E-state index is 0.0102. The van der Waals surface area contributed by atoms with Crippen molar-refractivity contribution in [2.24, 2.45) is 5.92 Å². The quantitative estimate of drug-likeness (QED) is 0.740. The van der Waals surface area contributed by atoms with E-state index >= 15 is 0 Å². The molecule has 0 radical (unpaired) electrons. The summed E-state index contributed by atoms with van der Waals surface area (Å²) >= 11 is 0. The van der Waals surface area contributed by atoms with Gasteiger partial charge in [0.1, 0.15) is 0 Å². The van der Waals surface area contributed by atoms with Crippen molar-refractivity contribution in [2.45, 2.75) is 44.6 Å². The highest BCUT2D eigenvalue weighted by Crippen LogP contribution is 2.31. The second-order valence-corrected chi connectivity index (χ2v) is 5.27. The largest absolute Gasteiger partial charge is 0.396 e. The van der Waals surface area contributed by atoms with Crippen LogP contribution in [-0.4, -0.2) is 47.6 Å². The lowest BCUT2D eigenvalue weighted by atomic mass is 10.0. The molecule has 5 heteroatoms. The van der Waals surface area contributed by atoms with Crippen LogP contribution in [0.3, 0.4) is 0 Å². The van der Waals surface area contributed by atoms with E-state index in [1.54, 1.807) is 0 Å². The minimum absolute atomic E-state index is 0.0102. The lowest BCUT2D eigenvalue weighted by Gasteiger charge is -2.32. The molecule has 1 aliphatic carbocycles. The van der Waals surface area contributed by atoms with Gasteiger partial charge in [-0.3, -0.25) is 9.59 Å². The van der Waals surface area contributed by atoms with E-state index in [0.29, 0.717) is 24.7 Å². The van der Waals surface area contributed by atoms with Crippen LogP contribution in [-0.2, 0) is 9.59 Å². The summed E-state index contributed by atoms with van der Waals surface area (Å²) in [5.74, 6) is 0.608. The Bertz CT molecular complexity index is 307. The maximum Gasteiger partial charge on any atom is 0.225 e. The van der Waals surface area contributed by atoms with Crippen molar-refractivity contribution in [1.82, 2.24) is 10.2 Å². The highest BCUT2D eigenvalue weighted by Gasteiger charge is 2.34. The number of nitrogens with zero attached hydrogens (tertiary/aromatic N) is 1. The molecule has 0 spiro atoms. The normalized spacial score (nSPS) is 20.8. The Kier molecular flexibility index (Phi) is 4.58. The van der Waals surface area contributed by atoms with Gasteiger partial charge in [-0.25, -0.2) is 0 Å². The van der Waals surface area contributed by atoms with Crippen LogP contribution in [0.25, 0.3) is 0 Å². The number of amides is 2. The highest BCUT2D eigenvalue weighted by molar-refractivity contribution is 5.81. The summed E-state index contributed by atoms with van der Waals surface area (Å²) in [6.45, 7) is 1.59. The summed E-state index contributed by atoms with van der Waals surface area (Å²) in [6.07, 6.45) is 4.71. The molecule has 5 nitrogen and oxygen atoms in total. The monoisotopic (exact) mass is 254 g/mol. The molecule has 0 aromatic rings. The predicted octanol–water partition coefficient (Wildman–Crippen LogP) is 0.276. The fourth-order valence-electron chi connectivity index (χ4n) is 2.37. The van der Waals surface area contributed by atoms with Crippen molar-refractivity contribution in [3.05, 3.63) is 0 Å². The van der Waals surface area contributed by atoms with Crippen LogP contribution in [0.4, 0.5) is 0 Å². The van der Waals surface area contributed by atoms with Crippen molar-refractivity contribution in [3.8, 4) is 0 Å². The Labute approximate surface area is 108 Å². The second kappa shape index (κ2) is 6.18. The van der Waals surface area contributed by atoms with Crippen molar-refractivity contribution in [3.63, 3.8) is 0 Å². The first-order valence-electron chi connectivity index (χ1n) is 6.89. The van der Waals surface area contributed by atoms with Crippen LogP contribution >= 0.6 is 0 Å². The van der Waals surface area contributed by atoms with Crippen LogP contribution < -0.4 is 5.32 Å². The van der Waals surface area contributed by atoms with Crippen LogP contribution in [0.15, 0.2) is 0 Å². The van der Waals surface area contributed by atoms with E-state index in [9.17, 15) is 9.59 Å². The second-order valence-electron chi connectivity index (χ2n) is 5.27. The van der Waals surface area contributed by atoms with E-state index < -0.39 is 0 Å². The SMILES string of the molecule is O=C(CCCO)NC1CCN(C(=O)C2CC2)CC1. The number of aliphatic hydroxyl groups excluding tert-OH is 1. The molecule has 1 saturated heterocycles. The number of aliphatic hydroxyl groups is 1. The van der Waals surface area contributed by atoms with Crippen molar-refractivity contribution in [2.75, 3.05) is 19.7 Å². The molecule has 18 heavy (non-hydrogen) atoms. The molecule has 0 aromatic carbocycles. The van der Waals surface area contributed by atoms with Crippen molar-refractivity contribution in [1.29, 1.82) is 0 Å². The third kappa shape index (κ3) is 3.70. The Morgan fingerprint density at radius 1 is 1.17 bits per heavy atom. The molecule has 0 bridgehead atoms. The number of carbonyl (C=O) groups is 2. The van der Waals surface area contributed by atoms with Crippen molar-refractivity contribution >= 4 is 11.8 Å². The van der Waals surface area contributed by atoms with Gasteiger partial charge in [-0.05, 0) is 32.1 Å². The number of rotatable bonds is 5. The average Bonchev–Trinajstić information content (AvgIpc) is 3.21. The van der Waals surface area contributed by atoms with Gasteiger partial charge in [-0.15, -0.1) is 0 Å². The first-order chi connectivity index (χ1) is 8.70. The van der Waals surface area contributed by atoms with Crippen LogP contribution in [0.5, 0.6) is 0 Å². The third-order valence-corrected chi connectivity index (χ3v) is 3.66. The van der Waals surface area contributed by atoms with Crippen LogP contribution in [0, 0.1) is 5.92 Å². The molecule has 2 amide bonds. The molecule has 2 rings (SSSR count). The fourth-order valence-corrected chi connectivity index (χ4v) is 2.37. The Morgan fingerprint density at radius 3 is 2.39 bits per heavy atom. The van der Waals surface area contributed by atoms with E-state index in [1.807, 2.05) is 4.90 Å². The standard InChI is InChI=1S/C13H22N2O3/c16-9-1-2-12(17)14-11-5-7-15(8-6-11)13(18)10-3-4-10/h10-11,16H,1-9H2,(H,14,17). The molecule has 2 aliphatic rings. The zero-order valence-corrected chi connectivity index (χ0v) is 10.7. The lowest BCUT2D eigenvalue weighted by Crippen LogP contribution is -2.47. The van der Waals surface area contributed by atoms with Crippen LogP contribution in [0.2, 0.25) is 0 Å². The van der Waals surface area contributed by atoms with Crippen LogP contribution in [0.1, 0.15) is 38.5 Å². The molecular formula is C13H22N2O3. The lowest BCUT2D eigenvalue weighted by molar-refractivity contribution is -0.133. The molecule has 2 N–H and O–H groups in total. The molecule has 1 aliphatic heterocycles. The van der Waals surface area contributed by atoms with Gasteiger partial charge in [0, 0.05) is 38.1 Å². The van der Waals surface area contributed by atoms with Gasteiger partial charge in [-0.2, -0.15) is 0 Å². The van der Waals surface area contributed by atoms with Crippen molar-refractivity contribution < 1.29 is 14.7 Å². The van der Waals surface area contributed by atoms with Gasteiger partial charge in [0.2, 0.25) is 11.8 Å². The number of likely N-dealkylation sites (tertiary alicyclic amines) is 1. The maximum absolute atomic E-state index is 11.8. The van der Waals surface area contributed by atoms with Gasteiger partial charge in [-0.1, -0.05) is 0 Å². The first-order valence-corrected chi connectivity index (χ1v) is 6.89. The van der Waals surface area contributed by atoms with Gasteiger partial charge >= 0.3 is 0 Å². The summed E-state index contributed by atoms with van der Waals surface area (Å²) in [5, 5.41) is 11.6. The number of hydrogen-bond donors (Lipinski definition) is 2. The molecule has 102 valence electrons. The van der Waals surface area contributed by atoms with Gasteiger partial charge in [0.25, 0.3) is 0 Å². The molecule has 0 aromatic heterocycles. The fraction of sp³-hybridized carbons (Fsp3) is 0.846. The number of hydrogen-bond acceptors (Lipinski definition) is 3. The summed E-state index contributed by atoms with van der Waals surface area (Å²) in [7, 11) is 0. The smallest absolute Gasteiger partial charge is 0.225 e. The van der Waals surface area contributed by atoms with E-state index in [1.165, 1.54) is 0 Å². The Hall–Kier alpha value is -1.10. The molecular weight excluding hydrogens is 232 g/mol. The Balaban J connectivity index is 1.66. The zero-order chi connectivity index (χ0) is 13.0. The highest BCUT2D eigenvalue weighted by atomic mass is 16.3. The minimum Gasteiger partial charge on any atom is -0.396 e. The van der Waals surface area contributed by atoms with E-state index in [0.717, 1.165) is 38.8 Å². The van der Waals surface area contributed by atoms with Gasteiger partial charge < -0.3 is 15.3 Å². The Morgan fingerprint density at radius 2 is 1.83 bits per heavy atom. The molecule has 2 fully saturated rings. The number of nitrogens with one attached hydrogen (secondary N) is 1. The van der Waals surface area contributed by atoms with E-state index in [4.69, 9.17) is 5.11 Å². The predicted molar refractivity (Wildman–Crippen MR) is 66.8 cm³/mol. The molecule has 1 saturated carbocycles. The number of piperidine rings is 1. The summed E-state index contributed by atoms with van der Waals surface area (Å²) in [6, 6.07) is 0.194. The van der Waals surface area contributed by atoms with Gasteiger partial charge in [0.05, 0.1) is 0 Å². The molecule has 0 atom stereocenters. The van der Waals surface area contributed by atoms with E-state index in [-0.39, 0.29) is 18.6 Å². The number of carbonyl (C=O) groups excluding carboxylic acids is 2. The average molecular weight is 254 g/mol.